The minimum atomic E-state index is -2.02. The Balaban J connectivity index is 0.000000292. The van der Waals surface area contributed by atoms with E-state index in [9.17, 15) is 8.42 Å². The zero-order chi connectivity index (χ0) is 11.8. The fourth-order valence-corrected chi connectivity index (χ4v) is 1.60. The van der Waals surface area contributed by atoms with E-state index in [0.29, 0.717) is 11.3 Å². The summed E-state index contributed by atoms with van der Waals surface area (Å²) in [5, 5.41) is 0.794. The van der Waals surface area contributed by atoms with Crippen LogP contribution in [0.25, 0.3) is 0 Å². The van der Waals surface area contributed by atoms with Gasteiger partial charge in [-0.2, -0.15) is 8.42 Å². The Kier molecular flexibility index (Phi) is 9.88. The summed E-state index contributed by atoms with van der Waals surface area (Å²) in [6, 6.07) is 9.44. The first-order valence-electron chi connectivity index (χ1n) is 4.69. The Labute approximate surface area is 138 Å². The molecule has 0 heterocycles. The Hall–Kier alpha value is -0.0603. The second-order valence-electron chi connectivity index (χ2n) is 2.99. The monoisotopic (exact) mass is 294 g/mol. The Morgan fingerprint density at radius 1 is 1.06 bits per heavy atom. The fourth-order valence-electron chi connectivity index (χ4n) is 1.03. The van der Waals surface area contributed by atoms with Gasteiger partial charge in [0.15, 0.2) is 0 Å². The number of allylic oxidation sites excluding steroid dienone is 4. The van der Waals surface area contributed by atoms with Gasteiger partial charge in [0, 0.05) is 49.2 Å². The van der Waals surface area contributed by atoms with Gasteiger partial charge in [0.1, 0.15) is 0 Å². The molecule has 0 amide bonds. The van der Waals surface area contributed by atoms with Crippen LogP contribution in [0.2, 0.25) is 5.02 Å². The zero-order valence-corrected chi connectivity index (χ0v) is 13.0. The molecule has 0 unspecified atom stereocenters. The third-order valence-corrected chi connectivity index (χ3v) is 2.78. The van der Waals surface area contributed by atoms with Crippen molar-refractivity contribution in [3.8, 4) is 0 Å². The molecular weight excluding hydrogens is 284 g/mol. The van der Waals surface area contributed by atoms with E-state index in [-0.39, 0.29) is 37.7 Å². The maximum atomic E-state index is 10.2. The molecule has 2 rings (SSSR count). The predicted molar refractivity (Wildman–Crippen MR) is 74.0 cm³/mol. The van der Waals surface area contributed by atoms with E-state index < -0.39 is 10.3 Å². The van der Waals surface area contributed by atoms with Gasteiger partial charge in [-0.25, -0.2) is 0 Å². The molecule has 0 atom stereocenters. The first kappa shape index (κ1) is 16.9. The van der Waals surface area contributed by atoms with Crippen LogP contribution in [0.4, 0.5) is 0 Å². The largest absolute Gasteiger partial charge is 0.217 e. The quantitative estimate of drug-likeness (QED) is 0.544. The van der Waals surface area contributed by atoms with Crippen LogP contribution in [0.15, 0.2) is 54.6 Å². The van der Waals surface area contributed by atoms with Crippen molar-refractivity contribution in [3.63, 3.8) is 0 Å². The van der Waals surface area contributed by atoms with Crippen LogP contribution >= 0.6 is 11.6 Å². The predicted octanol–water partition coefficient (Wildman–Crippen LogP) is 2.51. The number of halogens is 1. The van der Waals surface area contributed by atoms with Crippen molar-refractivity contribution in [2.45, 2.75) is 6.42 Å². The molecule has 0 bridgehead atoms. The molecule has 1 aromatic carbocycles. The van der Waals surface area contributed by atoms with E-state index in [1.165, 1.54) is 0 Å². The summed E-state index contributed by atoms with van der Waals surface area (Å²) in [6.07, 6.45) is 7.49. The third-order valence-electron chi connectivity index (χ3n) is 1.80. The smallest absolute Gasteiger partial charge is 0.184 e. The first-order valence-corrected chi connectivity index (χ1v) is 6.14. The van der Waals surface area contributed by atoms with Crippen molar-refractivity contribution < 1.29 is 8.42 Å². The van der Waals surface area contributed by atoms with E-state index in [1.807, 2.05) is 42.5 Å². The van der Waals surface area contributed by atoms with E-state index in [4.69, 9.17) is 11.6 Å². The van der Waals surface area contributed by atoms with Crippen LogP contribution in [-0.2, 0) is 10.3 Å². The van der Waals surface area contributed by atoms with Crippen LogP contribution < -0.4 is 0 Å². The molecule has 0 aromatic heterocycles. The van der Waals surface area contributed by atoms with Gasteiger partial charge in [-0.15, -0.1) is 0 Å². The van der Waals surface area contributed by atoms with Gasteiger partial charge in [0.2, 0.25) is 10.3 Å². The zero-order valence-electron chi connectivity index (χ0n) is 9.21. The number of benzene rings is 1. The van der Waals surface area contributed by atoms with Crippen LogP contribution in [0.3, 0.4) is 0 Å². The van der Waals surface area contributed by atoms with Crippen LogP contribution in [0.1, 0.15) is 6.42 Å². The average Bonchev–Trinajstić information content (AvgIpc) is 2.32. The molecular formula is C12H11CaClO2S. The van der Waals surface area contributed by atoms with Gasteiger partial charge >= 0.3 is 0 Å². The molecule has 0 spiro atoms. The topological polar surface area (TPSA) is 34.1 Å². The summed E-state index contributed by atoms with van der Waals surface area (Å²) in [5.74, 6) is 0. The number of hydrogen-bond donors (Lipinski definition) is 0. The summed E-state index contributed by atoms with van der Waals surface area (Å²) in [5.41, 5.74) is 0. The molecule has 5 heteroatoms. The van der Waals surface area contributed by atoms with Crippen LogP contribution in [-0.4, -0.2) is 51.0 Å². The van der Waals surface area contributed by atoms with Gasteiger partial charge < -0.3 is 0 Å². The summed E-state index contributed by atoms with van der Waals surface area (Å²) < 4.78 is 20.5. The summed E-state index contributed by atoms with van der Waals surface area (Å²) in [6.45, 7) is 0. The molecule has 1 aliphatic rings. The van der Waals surface area contributed by atoms with Crippen LogP contribution in [0, 0.1) is 0 Å². The van der Waals surface area contributed by atoms with Gasteiger partial charge in [0.25, 0.3) is 0 Å². The molecule has 1 aliphatic carbocycles. The average molecular weight is 295 g/mol. The van der Waals surface area contributed by atoms with Crippen molar-refractivity contribution in [1.82, 2.24) is 0 Å². The number of hydrogen-bond acceptors (Lipinski definition) is 2. The van der Waals surface area contributed by atoms with Gasteiger partial charge in [-0.1, -0.05) is 48.0 Å². The van der Waals surface area contributed by atoms with Gasteiger partial charge in [-0.3, -0.25) is 0 Å². The van der Waals surface area contributed by atoms with Crippen molar-refractivity contribution in [1.29, 1.82) is 0 Å². The molecule has 1 aromatic rings. The molecule has 86 valence electrons. The van der Waals surface area contributed by atoms with Gasteiger partial charge in [0.05, 0.1) is 4.86 Å². The summed E-state index contributed by atoms with van der Waals surface area (Å²) in [7, 11) is -2.02. The second kappa shape index (κ2) is 9.92. The van der Waals surface area contributed by atoms with Crippen molar-refractivity contribution in [2.75, 3.05) is 0 Å². The standard InChI is InChI=1S/C6H5Cl.C6H6O2S.Ca/c7-6-4-2-1-3-5-6;7-9(8)6-4-2-1-3-5-6;/h1-5H;1-4H,5H2;. The normalized spacial score (nSPS) is 12.2. The van der Waals surface area contributed by atoms with E-state index in [2.05, 4.69) is 0 Å². The number of rotatable bonds is 0. The minimum absolute atomic E-state index is 0. The van der Waals surface area contributed by atoms with Crippen LogP contribution in [0.5, 0.6) is 0 Å². The van der Waals surface area contributed by atoms with Crippen molar-refractivity contribution in [2.24, 2.45) is 0 Å². The molecule has 0 N–H and O–H groups in total. The summed E-state index contributed by atoms with van der Waals surface area (Å²) in [4.78, 5) is 0.456. The molecule has 2 radical (unpaired) electrons. The maximum Gasteiger partial charge on any atom is 0.217 e. The second-order valence-corrected chi connectivity index (χ2v) is 4.42. The SMILES string of the molecule is Clc1ccccc1.O=S(=O)=C1C=CC=CC1.[Ca]. The van der Waals surface area contributed by atoms with Crippen molar-refractivity contribution >= 4 is 64.5 Å². The maximum absolute atomic E-state index is 10.2. The fraction of sp³-hybridized carbons (Fsp3) is 0.0833. The Morgan fingerprint density at radius 2 is 1.71 bits per heavy atom. The third kappa shape index (κ3) is 7.79. The molecule has 2 nitrogen and oxygen atoms in total. The van der Waals surface area contributed by atoms with E-state index in [0.717, 1.165) is 5.02 Å². The molecule has 0 saturated heterocycles. The molecule has 0 aliphatic heterocycles. The van der Waals surface area contributed by atoms with Crippen molar-refractivity contribution in [3.05, 3.63) is 59.7 Å². The van der Waals surface area contributed by atoms with Gasteiger partial charge in [-0.05, 0) is 18.2 Å². The Bertz CT molecular complexity index is 511. The summed E-state index contributed by atoms with van der Waals surface area (Å²) >= 11 is 5.54. The Morgan fingerprint density at radius 3 is 2.00 bits per heavy atom. The van der Waals surface area contributed by atoms with E-state index >= 15 is 0 Å². The minimum Gasteiger partial charge on any atom is -0.184 e. The molecule has 0 saturated carbocycles. The molecule has 0 fully saturated rings. The first-order chi connectivity index (χ1) is 7.70. The van der Waals surface area contributed by atoms with E-state index in [1.54, 1.807) is 12.2 Å². The molecule has 17 heavy (non-hydrogen) atoms.